The van der Waals surface area contributed by atoms with E-state index >= 15 is 0 Å². The standard InChI is InChI=1S/C12H15NO2/c1-4-8-15-11(14)12(3)7-5-6-9(2)10(12)13/h1,5-7,10H,8,13H2,2-3H3. The van der Waals surface area contributed by atoms with Gasteiger partial charge in [0.05, 0.1) is 0 Å². The summed E-state index contributed by atoms with van der Waals surface area (Å²) in [7, 11) is 0. The highest BCUT2D eigenvalue weighted by Gasteiger charge is 2.40. The molecule has 0 aromatic heterocycles. The fourth-order valence-corrected chi connectivity index (χ4v) is 1.54. The maximum atomic E-state index is 11.8. The number of allylic oxidation sites excluding steroid dienone is 2. The zero-order chi connectivity index (χ0) is 11.5. The molecule has 3 nitrogen and oxygen atoms in total. The van der Waals surface area contributed by atoms with Crippen LogP contribution >= 0.6 is 0 Å². The van der Waals surface area contributed by atoms with Gasteiger partial charge in [-0.05, 0) is 13.8 Å². The van der Waals surface area contributed by atoms with Crippen LogP contribution < -0.4 is 5.73 Å². The number of carbonyl (C=O) groups is 1. The predicted molar refractivity (Wildman–Crippen MR) is 58.8 cm³/mol. The first-order chi connectivity index (χ1) is 7.02. The van der Waals surface area contributed by atoms with Crippen LogP contribution in [0.4, 0.5) is 0 Å². The minimum absolute atomic E-state index is 0.0161. The number of esters is 1. The van der Waals surface area contributed by atoms with E-state index in [0.29, 0.717) is 0 Å². The van der Waals surface area contributed by atoms with E-state index in [4.69, 9.17) is 16.9 Å². The van der Waals surface area contributed by atoms with Crippen LogP contribution in [0.3, 0.4) is 0 Å². The van der Waals surface area contributed by atoms with Crippen LogP contribution in [0.15, 0.2) is 23.8 Å². The van der Waals surface area contributed by atoms with Crippen molar-refractivity contribution in [2.24, 2.45) is 11.1 Å². The molecule has 1 aliphatic rings. The van der Waals surface area contributed by atoms with Gasteiger partial charge in [-0.3, -0.25) is 4.79 Å². The summed E-state index contributed by atoms with van der Waals surface area (Å²) in [4.78, 5) is 11.8. The fourth-order valence-electron chi connectivity index (χ4n) is 1.54. The van der Waals surface area contributed by atoms with Crippen LogP contribution in [0.1, 0.15) is 13.8 Å². The third-order valence-corrected chi connectivity index (χ3v) is 2.66. The first-order valence-electron chi connectivity index (χ1n) is 4.74. The Labute approximate surface area is 90.0 Å². The molecule has 1 aliphatic carbocycles. The maximum Gasteiger partial charge on any atom is 0.318 e. The van der Waals surface area contributed by atoms with Crippen molar-refractivity contribution in [1.29, 1.82) is 0 Å². The Morgan fingerprint density at radius 1 is 1.80 bits per heavy atom. The zero-order valence-corrected chi connectivity index (χ0v) is 8.99. The van der Waals surface area contributed by atoms with Crippen molar-refractivity contribution in [3.8, 4) is 12.3 Å². The van der Waals surface area contributed by atoms with E-state index in [1.165, 1.54) is 0 Å². The van der Waals surface area contributed by atoms with Crippen LogP contribution in [0.5, 0.6) is 0 Å². The molecule has 0 amide bonds. The fraction of sp³-hybridized carbons (Fsp3) is 0.417. The van der Waals surface area contributed by atoms with Gasteiger partial charge in [-0.2, -0.15) is 0 Å². The zero-order valence-electron chi connectivity index (χ0n) is 8.99. The van der Waals surface area contributed by atoms with Gasteiger partial charge in [-0.1, -0.05) is 29.7 Å². The van der Waals surface area contributed by atoms with Crippen molar-refractivity contribution in [2.45, 2.75) is 19.9 Å². The molecule has 0 aromatic carbocycles. The Hall–Kier alpha value is -1.53. The number of rotatable bonds is 2. The van der Waals surface area contributed by atoms with Crippen molar-refractivity contribution in [1.82, 2.24) is 0 Å². The second-order valence-electron chi connectivity index (χ2n) is 3.81. The molecule has 0 bridgehead atoms. The maximum absolute atomic E-state index is 11.8. The molecule has 0 heterocycles. The van der Waals surface area contributed by atoms with Gasteiger partial charge >= 0.3 is 5.97 Å². The third kappa shape index (κ3) is 2.11. The van der Waals surface area contributed by atoms with E-state index in [0.717, 1.165) is 5.57 Å². The summed E-state index contributed by atoms with van der Waals surface area (Å²) in [6.07, 6.45) is 10.5. The molecule has 15 heavy (non-hydrogen) atoms. The average molecular weight is 205 g/mol. The summed E-state index contributed by atoms with van der Waals surface area (Å²) < 4.78 is 4.92. The van der Waals surface area contributed by atoms with Crippen LogP contribution in [0.25, 0.3) is 0 Å². The summed E-state index contributed by atoms with van der Waals surface area (Å²) in [5, 5.41) is 0. The number of carbonyl (C=O) groups excluding carboxylic acids is 1. The molecule has 2 atom stereocenters. The summed E-state index contributed by atoms with van der Waals surface area (Å²) in [5.74, 6) is 1.88. The van der Waals surface area contributed by atoms with E-state index in [9.17, 15) is 4.79 Å². The largest absolute Gasteiger partial charge is 0.452 e. The average Bonchev–Trinajstić information content (AvgIpc) is 2.22. The molecular weight excluding hydrogens is 190 g/mol. The highest BCUT2D eigenvalue weighted by atomic mass is 16.5. The lowest BCUT2D eigenvalue weighted by Gasteiger charge is -2.32. The molecule has 0 saturated carbocycles. The number of nitrogens with two attached hydrogens (primary N) is 1. The van der Waals surface area contributed by atoms with Gasteiger partial charge in [-0.25, -0.2) is 0 Å². The second-order valence-corrected chi connectivity index (χ2v) is 3.81. The molecule has 1 rings (SSSR count). The van der Waals surface area contributed by atoms with Crippen molar-refractivity contribution < 1.29 is 9.53 Å². The van der Waals surface area contributed by atoms with Crippen LogP contribution in [0.2, 0.25) is 0 Å². The Balaban J connectivity index is 2.84. The lowest BCUT2D eigenvalue weighted by Crippen LogP contribution is -2.46. The van der Waals surface area contributed by atoms with E-state index in [-0.39, 0.29) is 18.6 Å². The van der Waals surface area contributed by atoms with E-state index < -0.39 is 5.41 Å². The van der Waals surface area contributed by atoms with Crippen molar-refractivity contribution in [2.75, 3.05) is 6.61 Å². The minimum Gasteiger partial charge on any atom is -0.452 e. The van der Waals surface area contributed by atoms with Gasteiger partial charge in [0.25, 0.3) is 0 Å². The second kappa shape index (κ2) is 4.33. The molecule has 0 aliphatic heterocycles. The van der Waals surface area contributed by atoms with Gasteiger partial charge in [0.15, 0.2) is 6.61 Å². The smallest absolute Gasteiger partial charge is 0.318 e. The number of hydrogen-bond acceptors (Lipinski definition) is 3. The van der Waals surface area contributed by atoms with Crippen molar-refractivity contribution in [3.05, 3.63) is 23.8 Å². The number of ether oxygens (including phenoxy) is 1. The molecule has 0 fully saturated rings. The van der Waals surface area contributed by atoms with Crippen molar-refractivity contribution in [3.63, 3.8) is 0 Å². The molecule has 0 spiro atoms. The lowest BCUT2D eigenvalue weighted by molar-refractivity contribution is -0.151. The van der Waals surface area contributed by atoms with E-state index in [2.05, 4.69) is 5.92 Å². The normalized spacial score (nSPS) is 29.2. The van der Waals surface area contributed by atoms with Crippen LogP contribution in [0, 0.1) is 17.8 Å². The first-order valence-corrected chi connectivity index (χ1v) is 4.74. The Kier molecular flexibility index (Phi) is 3.33. The Morgan fingerprint density at radius 2 is 2.47 bits per heavy atom. The summed E-state index contributed by atoms with van der Waals surface area (Å²) in [5.41, 5.74) is 6.10. The first kappa shape index (κ1) is 11.5. The molecular formula is C12H15NO2. The molecule has 2 N–H and O–H groups in total. The summed E-state index contributed by atoms with van der Waals surface area (Å²) >= 11 is 0. The number of terminal acetylenes is 1. The summed E-state index contributed by atoms with van der Waals surface area (Å²) in [6.45, 7) is 3.63. The van der Waals surface area contributed by atoms with Crippen LogP contribution in [-0.4, -0.2) is 18.6 Å². The molecule has 0 saturated heterocycles. The lowest BCUT2D eigenvalue weighted by atomic mass is 9.76. The molecule has 2 unspecified atom stereocenters. The Bertz CT molecular complexity index is 362. The SMILES string of the molecule is C#CCOC(=O)C1(C)C=CC=C(C)C1N. The quantitative estimate of drug-likeness (QED) is 0.540. The molecule has 80 valence electrons. The third-order valence-electron chi connectivity index (χ3n) is 2.66. The molecule has 0 aromatic rings. The topological polar surface area (TPSA) is 52.3 Å². The van der Waals surface area contributed by atoms with Gasteiger partial charge in [0, 0.05) is 6.04 Å². The van der Waals surface area contributed by atoms with E-state index in [1.54, 1.807) is 13.0 Å². The molecule has 0 radical (unpaired) electrons. The minimum atomic E-state index is -0.810. The van der Waals surface area contributed by atoms with Gasteiger partial charge < -0.3 is 10.5 Å². The predicted octanol–water partition coefficient (Wildman–Crippen LogP) is 1.01. The van der Waals surface area contributed by atoms with Gasteiger partial charge in [0.1, 0.15) is 5.41 Å². The molecule has 3 heteroatoms. The number of hydrogen-bond donors (Lipinski definition) is 1. The monoisotopic (exact) mass is 205 g/mol. The Morgan fingerprint density at radius 3 is 3.07 bits per heavy atom. The highest BCUT2D eigenvalue weighted by molar-refractivity contribution is 5.81. The van der Waals surface area contributed by atoms with Crippen molar-refractivity contribution >= 4 is 5.97 Å². The van der Waals surface area contributed by atoms with Crippen LogP contribution in [-0.2, 0) is 9.53 Å². The van der Waals surface area contributed by atoms with Gasteiger partial charge in [-0.15, -0.1) is 6.42 Å². The van der Waals surface area contributed by atoms with Gasteiger partial charge in [0.2, 0.25) is 0 Å². The summed E-state index contributed by atoms with van der Waals surface area (Å²) in [6, 6.07) is -0.354. The van der Waals surface area contributed by atoms with E-state index in [1.807, 2.05) is 19.1 Å². The highest BCUT2D eigenvalue weighted by Crippen LogP contribution is 2.31.